The zero-order valence-corrected chi connectivity index (χ0v) is 24.4. The lowest BCUT2D eigenvalue weighted by Gasteiger charge is -2.25. The SMILES string of the molecule is O=C(NCc1nnc(SCc2ccc(Br)cc2)n1-c1ccccc1)c1ccc(S(=O)(=O)N2CCCCC2)cc1. The fourth-order valence-corrected chi connectivity index (χ4v) is 7.08. The molecule has 5 rings (SSSR count). The number of sulfonamides is 1. The Morgan fingerprint density at radius 1 is 0.897 bits per heavy atom. The number of carbonyl (C=O) groups is 1. The summed E-state index contributed by atoms with van der Waals surface area (Å²) in [4.78, 5) is 13.1. The van der Waals surface area contributed by atoms with E-state index < -0.39 is 10.0 Å². The molecule has 0 bridgehead atoms. The molecule has 1 aromatic heterocycles. The zero-order chi connectivity index (χ0) is 27.2. The van der Waals surface area contributed by atoms with Gasteiger partial charge in [-0.1, -0.05) is 64.4 Å². The molecule has 0 atom stereocenters. The molecule has 39 heavy (non-hydrogen) atoms. The largest absolute Gasteiger partial charge is 0.345 e. The van der Waals surface area contributed by atoms with Gasteiger partial charge >= 0.3 is 0 Å². The van der Waals surface area contributed by atoms with Crippen LogP contribution in [0.1, 0.15) is 41.0 Å². The van der Waals surface area contributed by atoms with Gasteiger partial charge in [0.05, 0.1) is 11.4 Å². The molecule has 1 saturated heterocycles. The third kappa shape index (κ3) is 6.60. The first-order valence-corrected chi connectivity index (χ1v) is 15.9. The van der Waals surface area contributed by atoms with Gasteiger partial charge < -0.3 is 5.32 Å². The van der Waals surface area contributed by atoms with Crippen molar-refractivity contribution in [1.29, 1.82) is 0 Å². The number of hydrogen-bond acceptors (Lipinski definition) is 6. The highest BCUT2D eigenvalue weighted by Gasteiger charge is 2.26. The van der Waals surface area contributed by atoms with Crippen molar-refractivity contribution in [3.8, 4) is 5.69 Å². The summed E-state index contributed by atoms with van der Waals surface area (Å²) in [6.45, 7) is 1.24. The molecule has 1 N–H and O–H groups in total. The lowest BCUT2D eigenvalue weighted by molar-refractivity contribution is 0.0949. The molecule has 2 heterocycles. The van der Waals surface area contributed by atoms with Crippen LogP contribution < -0.4 is 5.32 Å². The molecule has 1 aliphatic rings. The van der Waals surface area contributed by atoms with Crippen LogP contribution >= 0.6 is 27.7 Å². The smallest absolute Gasteiger partial charge is 0.251 e. The van der Waals surface area contributed by atoms with Crippen LogP contribution in [0.2, 0.25) is 0 Å². The van der Waals surface area contributed by atoms with Gasteiger partial charge in [-0.05, 0) is 66.9 Å². The average molecular weight is 627 g/mol. The maximum absolute atomic E-state index is 12.9. The van der Waals surface area contributed by atoms with Crippen LogP contribution in [0.3, 0.4) is 0 Å². The van der Waals surface area contributed by atoms with Crippen LogP contribution in [0, 0.1) is 0 Å². The number of hydrogen-bond donors (Lipinski definition) is 1. The van der Waals surface area contributed by atoms with E-state index in [1.165, 1.54) is 16.4 Å². The molecular formula is C28H28BrN5O3S2. The third-order valence-electron chi connectivity index (χ3n) is 6.47. The summed E-state index contributed by atoms with van der Waals surface area (Å²) in [6, 6.07) is 24.0. The van der Waals surface area contributed by atoms with Gasteiger partial charge in [-0.3, -0.25) is 9.36 Å². The number of piperidine rings is 1. The van der Waals surface area contributed by atoms with E-state index in [1.807, 2.05) is 47.0 Å². The molecule has 0 spiro atoms. The maximum atomic E-state index is 12.9. The Morgan fingerprint density at radius 3 is 2.28 bits per heavy atom. The van der Waals surface area contributed by atoms with Crippen molar-refractivity contribution in [2.24, 2.45) is 0 Å². The fraction of sp³-hybridized carbons (Fsp3) is 0.250. The second-order valence-electron chi connectivity index (χ2n) is 9.16. The molecule has 1 aliphatic heterocycles. The highest BCUT2D eigenvalue weighted by Crippen LogP contribution is 2.26. The quantitative estimate of drug-likeness (QED) is 0.249. The van der Waals surface area contributed by atoms with Crippen LogP contribution in [-0.2, 0) is 22.3 Å². The summed E-state index contributed by atoms with van der Waals surface area (Å²) in [5, 5.41) is 12.4. The molecule has 1 amide bonds. The van der Waals surface area contributed by atoms with Crippen LogP contribution in [0.15, 0.2) is 93.4 Å². The van der Waals surface area contributed by atoms with Crippen molar-refractivity contribution in [1.82, 2.24) is 24.4 Å². The molecule has 0 unspecified atom stereocenters. The molecule has 4 aromatic rings. The topological polar surface area (TPSA) is 97.2 Å². The average Bonchev–Trinajstić information content (AvgIpc) is 3.39. The summed E-state index contributed by atoms with van der Waals surface area (Å²) >= 11 is 5.03. The summed E-state index contributed by atoms with van der Waals surface area (Å²) in [5.41, 5.74) is 2.44. The maximum Gasteiger partial charge on any atom is 0.251 e. The van der Waals surface area contributed by atoms with Gasteiger partial charge in [0.25, 0.3) is 5.91 Å². The lowest BCUT2D eigenvalue weighted by Crippen LogP contribution is -2.35. The second-order valence-corrected chi connectivity index (χ2v) is 13.0. The number of halogens is 1. The summed E-state index contributed by atoms with van der Waals surface area (Å²) in [7, 11) is -3.55. The van der Waals surface area contributed by atoms with E-state index in [-0.39, 0.29) is 17.3 Å². The minimum atomic E-state index is -3.55. The predicted molar refractivity (Wildman–Crippen MR) is 155 cm³/mol. The van der Waals surface area contributed by atoms with Crippen molar-refractivity contribution in [3.63, 3.8) is 0 Å². The highest BCUT2D eigenvalue weighted by molar-refractivity contribution is 9.10. The molecule has 0 aliphatic carbocycles. The van der Waals surface area contributed by atoms with Gasteiger partial charge in [-0.25, -0.2) is 8.42 Å². The van der Waals surface area contributed by atoms with Gasteiger partial charge in [0.15, 0.2) is 11.0 Å². The number of aromatic nitrogens is 3. The van der Waals surface area contributed by atoms with Crippen molar-refractivity contribution < 1.29 is 13.2 Å². The molecule has 0 saturated carbocycles. The summed E-state index contributed by atoms with van der Waals surface area (Å²) in [5.74, 6) is 0.998. The second kappa shape index (κ2) is 12.5. The zero-order valence-electron chi connectivity index (χ0n) is 21.2. The number of nitrogens with zero attached hydrogens (tertiary/aromatic N) is 4. The Labute approximate surface area is 241 Å². The van der Waals surface area contributed by atoms with Crippen LogP contribution in [-0.4, -0.2) is 46.5 Å². The first-order valence-electron chi connectivity index (χ1n) is 12.7. The number of amides is 1. The van der Waals surface area contributed by atoms with Crippen molar-refractivity contribution >= 4 is 43.6 Å². The highest BCUT2D eigenvalue weighted by atomic mass is 79.9. The first-order chi connectivity index (χ1) is 18.9. The molecule has 8 nitrogen and oxygen atoms in total. The fourth-order valence-electron chi connectivity index (χ4n) is 4.37. The number of nitrogens with one attached hydrogen (secondary N) is 1. The summed E-state index contributed by atoms with van der Waals surface area (Å²) in [6.07, 6.45) is 2.80. The first kappa shape index (κ1) is 27.6. The minimum absolute atomic E-state index is 0.160. The molecule has 0 radical (unpaired) electrons. The Hall–Kier alpha value is -2.99. The molecule has 202 valence electrons. The Morgan fingerprint density at radius 2 is 1.59 bits per heavy atom. The van der Waals surface area contributed by atoms with Gasteiger partial charge in [0.2, 0.25) is 10.0 Å². The number of rotatable bonds is 9. The Bertz CT molecular complexity index is 1520. The Kier molecular flexibility index (Phi) is 8.81. The van der Waals surface area contributed by atoms with Crippen LogP contribution in [0.4, 0.5) is 0 Å². The molecule has 3 aromatic carbocycles. The monoisotopic (exact) mass is 625 g/mol. The van der Waals surface area contributed by atoms with Gasteiger partial charge in [0.1, 0.15) is 0 Å². The van der Waals surface area contributed by atoms with E-state index in [2.05, 4.69) is 43.6 Å². The number of carbonyl (C=O) groups excluding carboxylic acids is 1. The number of thioether (sulfide) groups is 1. The van der Waals surface area contributed by atoms with E-state index in [1.54, 1.807) is 23.9 Å². The van der Waals surface area contributed by atoms with E-state index in [9.17, 15) is 13.2 Å². The summed E-state index contributed by atoms with van der Waals surface area (Å²) < 4.78 is 30.3. The standard InChI is InChI=1S/C28H28BrN5O3S2/c29-23-13-9-21(10-14-23)20-38-28-32-31-26(34(28)24-7-3-1-4-8-24)19-30-27(35)22-11-15-25(16-12-22)39(36,37)33-17-5-2-6-18-33/h1,3-4,7-16H,2,5-6,17-20H2,(H,30,35). The van der Waals surface area contributed by atoms with Crippen molar-refractivity contribution in [2.75, 3.05) is 13.1 Å². The van der Waals surface area contributed by atoms with Gasteiger partial charge in [-0.15, -0.1) is 10.2 Å². The van der Waals surface area contributed by atoms with Crippen molar-refractivity contribution in [2.45, 2.75) is 41.6 Å². The van der Waals surface area contributed by atoms with Crippen molar-refractivity contribution in [3.05, 3.63) is 100 Å². The third-order valence-corrected chi connectivity index (χ3v) is 9.91. The molecule has 11 heteroatoms. The van der Waals surface area contributed by atoms with E-state index >= 15 is 0 Å². The van der Waals surface area contributed by atoms with Gasteiger partial charge in [-0.2, -0.15) is 4.31 Å². The number of benzene rings is 3. The van der Waals surface area contributed by atoms with Crippen LogP contribution in [0.5, 0.6) is 0 Å². The molecule has 1 fully saturated rings. The number of para-hydroxylation sites is 1. The predicted octanol–water partition coefficient (Wildman–Crippen LogP) is 5.43. The Balaban J connectivity index is 1.29. The minimum Gasteiger partial charge on any atom is -0.345 e. The molecular weight excluding hydrogens is 598 g/mol. The normalized spacial score (nSPS) is 14.3. The van der Waals surface area contributed by atoms with E-state index in [0.717, 1.165) is 45.9 Å². The van der Waals surface area contributed by atoms with Gasteiger partial charge in [0, 0.05) is 34.6 Å². The van der Waals surface area contributed by atoms with E-state index in [0.29, 0.717) is 24.5 Å². The van der Waals surface area contributed by atoms with E-state index in [4.69, 9.17) is 0 Å². The van der Waals surface area contributed by atoms with Crippen LogP contribution in [0.25, 0.3) is 5.69 Å². The lowest BCUT2D eigenvalue weighted by atomic mass is 10.2.